The normalized spacial score (nSPS) is 24.8. The van der Waals surface area contributed by atoms with Crippen molar-refractivity contribution in [3.05, 3.63) is 29.8 Å². The Kier molecular flexibility index (Phi) is 4.43. The number of aromatic hydroxyl groups is 1. The fraction of sp³-hybridized carbons (Fsp3) is 0.600. The van der Waals surface area contributed by atoms with Crippen LogP contribution in [-0.4, -0.2) is 17.7 Å². The van der Waals surface area contributed by atoms with Gasteiger partial charge in [-0.3, -0.25) is 0 Å². The topological polar surface area (TPSA) is 32.3 Å². The highest BCUT2D eigenvalue weighted by molar-refractivity contribution is 5.27. The quantitative estimate of drug-likeness (QED) is 0.837. The predicted molar refractivity (Wildman–Crippen MR) is 71.2 cm³/mol. The molecule has 1 aliphatic carbocycles. The van der Waals surface area contributed by atoms with Gasteiger partial charge in [-0.2, -0.15) is 0 Å². The largest absolute Gasteiger partial charge is 0.508 e. The highest BCUT2D eigenvalue weighted by Gasteiger charge is 2.21. The summed E-state index contributed by atoms with van der Waals surface area (Å²) < 4.78 is 0. The van der Waals surface area contributed by atoms with Crippen LogP contribution < -0.4 is 5.32 Å². The van der Waals surface area contributed by atoms with Crippen LogP contribution in [-0.2, 0) is 6.42 Å². The lowest BCUT2D eigenvalue weighted by Gasteiger charge is -2.29. The Hall–Kier alpha value is -1.02. The average Bonchev–Trinajstić information content (AvgIpc) is 2.30. The first-order valence-corrected chi connectivity index (χ1v) is 6.79. The minimum absolute atomic E-state index is 0.390. The van der Waals surface area contributed by atoms with E-state index >= 15 is 0 Å². The number of nitrogens with one attached hydrogen (secondary N) is 1. The van der Waals surface area contributed by atoms with E-state index in [0.29, 0.717) is 11.8 Å². The third-order valence-corrected chi connectivity index (χ3v) is 3.71. The molecule has 0 heterocycles. The van der Waals surface area contributed by atoms with Crippen molar-refractivity contribution in [2.75, 3.05) is 6.54 Å². The van der Waals surface area contributed by atoms with Gasteiger partial charge in [-0.25, -0.2) is 0 Å². The molecule has 2 atom stereocenters. The maximum absolute atomic E-state index is 9.47. The lowest BCUT2D eigenvalue weighted by Crippen LogP contribution is -2.34. The molecule has 2 rings (SSSR count). The summed E-state index contributed by atoms with van der Waals surface area (Å²) in [5.74, 6) is 1.16. The summed E-state index contributed by atoms with van der Waals surface area (Å²) in [6.07, 6.45) is 6.38. The molecule has 0 aromatic heterocycles. The molecule has 0 bridgehead atoms. The Morgan fingerprint density at radius 3 is 3.00 bits per heavy atom. The highest BCUT2D eigenvalue weighted by Crippen LogP contribution is 2.28. The predicted octanol–water partition coefficient (Wildman–Crippen LogP) is 3.10. The van der Waals surface area contributed by atoms with Crippen molar-refractivity contribution in [2.24, 2.45) is 5.92 Å². The molecule has 0 aliphatic heterocycles. The summed E-state index contributed by atoms with van der Waals surface area (Å²) in [6.45, 7) is 3.25. The molecule has 1 saturated carbocycles. The molecule has 2 unspecified atom stereocenters. The van der Waals surface area contributed by atoms with Crippen molar-refractivity contribution in [3.8, 4) is 5.75 Å². The van der Waals surface area contributed by atoms with Crippen LogP contribution in [0.2, 0.25) is 0 Å². The molecule has 2 heteroatoms. The molecule has 1 fully saturated rings. The number of phenols is 1. The van der Waals surface area contributed by atoms with E-state index in [4.69, 9.17) is 0 Å². The van der Waals surface area contributed by atoms with Gasteiger partial charge >= 0.3 is 0 Å². The lowest BCUT2D eigenvalue weighted by atomic mass is 9.82. The summed E-state index contributed by atoms with van der Waals surface area (Å²) in [5.41, 5.74) is 1.27. The van der Waals surface area contributed by atoms with Gasteiger partial charge in [0.2, 0.25) is 0 Å². The number of benzene rings is 1. The summed E-state index contributed by atoms with van der Waals surface area (Å²) in [7, 11) is 0. The third-order valence-electron chi connectivity index (χ3n) is 3.71. The van der Waals surface area contributed by atoms with Gasteiger partial charge < -0.3 is 10.4 Å². The van der Waals surface area contributed by atoms with E-state index in [1.165, 1.54) is 31.2 Å². The van der Waals surface area contributed by atoms with Gasteiger partial charge in [0.25, 0.3) is 0 Å². The van der Waals surface area contributed by atoms with E-state index in [-0.39, 0.29) is 0 Å². The molecule has 94 valence electrons. The van der Waals surface area contributed by atoms with Crippen LogP contribution in [0.5, 0.6) is 5.75 Å². The Bertz CT molecular complexity index is 349. The van der Waals surface area contributed by atoms with Gasteiger partial charge in [0.1, 0.15) is 5.75 Å². The number of phenolic OH excluding ortho intramolecular Hbond substituents is 1. The molecule has 0 saturated heterocycles. The van der Waals surface area contributed by atoms with Crippen LogP contribution in [0.1, 0.15) is 38.2 Å². The van der Waals surface area contributed by atoms with Gasteiger partial charge in [0.05, 0.1) is 0 Å². The monoisotopic (exact) mass is 233 g/mol. The maximum atomic E-state index is 9.47. The molecule has 0 amide bonds. The van der Waals surface area contributed by atoms with Gasteiger partial charge in [0.15, 0.2) is 0 Å². The standard InChI is InChI=1S/C15H23NO/c1-2-16-14-7-3-5-12(10-14)9-13-6-4-8-15(17)11-13/h4,6,8,11-12,14,16-17H,2-3,5,7,9-10H2,1H3. The van der Waals surface area contributed by atoms with Crippen LogP contribution in [0.3, 0.4) is 0 Å². The molecule has 17 heavy (non-hydrogen) atoms. The fourth-order valence-corrected chi connectivity index (χ4v) is 2.97. The molecular weight excluding hydrogens is 210 g/mol. The smallest absolute Gasteiger partial charge is 0.115 e. The summed E-state index contributed by atoms with van der Waals surface area (Å²) in [5, 5.41) is 13.0. The van der Waals surface area contributed by atoms with E-state index in [9.17, 15) is 5.11 Å². The second-order valence-electron chi connectivity index (χ2n) is 5.16. The number of hydrogen-bond acceptors (Lipinski definition) is 2. The Balaban J connectivity index is 1.90. The first-order valence-electron chi connectivity index (χ1n) is 6.79. The summed E-state index contributed by atoms with van der Waals surface area (Å²) in [6, 6.07) is 8.41. The van der Waals surface area contributed by atoms with E-state index in [0.717, 1.165) is 18.9 Å². The van der Waals surface area contributed by atoms with Gasteiger partial charge in [-0.15, -0.1) is 0 Å². The van der Waals surface area contributed by atoms with E-state index in [1.807, 2.05) is 12.1 Å². The molecule has 0 radical (unpaired) electrons. The van der Waals surface area contributed by atoms with Crippen molar-refractivity contribution in [3.63, 3.8) is 0 Å². The molecule has 1 aromatic rings. The zero-order chi connectivity index (χ0) is 12.1. The second-order valence-corrected chi connectivity index (χ2v) is 5.16. The van der Waals surface area contributed by atoms with Crippen LogP contribution in [0, 0.1) is 5.92 Å². The molecule has 1 aliphatic rings. The third kappa shape index (κ3) is 3.74. The van der Waals surface area contributed by atoms with E-state index in [1.54, 1.807) is 6.07 Å². The first kappa shape index (κ1) is 12.4. The van der Waals surface area contributed by atoms with Gasteiger partial charge in [-0.1, -0.05) is 31.9 Å². The first-order chi connectivity index (χ1) is 8.28. The Morgan fingerprint density at radius 1 is 1.35 bits per heavy atom. The van der Waals surface area contributed by atoms with Crippen LogP contribution >= 0.6 is 0 Å². The molecule has 1 aromatic carbocycles. The van der Waals surface area contributed by atoms with Gasteiger partial charge in [0, 0.05) is 6.04 Å². The van der Waals surface area contributed by atoms with Gasteiger partial charge in [-0.05, 0) is 49.4 Å². The Labute approximate surface area is 104 Å². The zero-order valence-electron chi connectivity index (χ0n) is 10.7. The van der Waals surface area contributed by atoms with Crippen molar-refractivity contribution in [2.45, 2.75) is 45.1 Å². The molecule has 2 N–H and O–H groups in total. The van der Waals surface area contributed by atoms with Crippen LogP contribution in [0.4, 0.5) is 0 Å². The highest BCUT2D eigenvalue weighted by atomic mass is 16.3. The minimum Gasteiger partial charge on any atom is -0.508 e. The van der Waals surface area contributed by atoms with Crippen molar-refractivity contribution >= 4 is 0 Å². The minimum atomic E-state index is 0.390. The molecule has 0 spiro atoms. The summed E-state index contributed by atoms with van der Waals surface area (Å²) >= 11 is 0. The second kappa shape index (κ2) is 6.06. The molecular formula is C15H23NO. The number of hydrogen-bond donors (Lipinski definition) is 2. The maximum Gasteiger partial charge on any atom is 0.115 e. The lowest BCUT2D eigenvalue weighted by molar-refractivity contribution is 0.287. The van der Waals surface area contributed by atoms with E-state index in [2.05, 4.69) is 18.3 Å². The molecule has 2 nitrogen and oxygen atoms in total. The average molecular weight is 233 g/mol. The zero-order valence-corrected chi connectivity index (χ0v) is 10.7. The van der Waals surface area contributed by atoms with Crippen molar-refractivity contribution in [1.82, 2.24) is 5.32 Å². The van der Waals surface area contributed by atoms with Crippen LogP contribution in [0.15, 0.2) is 24.3 Å². The van der Waals surface area contributed by atoms with Crippen LogP contribution in [0.25, 0.3) is 0 Å². The number of rotatable bonds is 4. The SMILES string of the molecule is CCNC1CCCC(Cc2cccc(O)c2)C1. The van der Waals surface area contributed by atoms with Crippen molar-refractivity contribution in [1.29, 1.82) is 0 Å². The summed E-state index contributed by atoms with van der Waals surface area (Å²) in [4.78, 5) is 0. The van der Waals surface area contributed by atoms with E-state index < -0.39 is 0 Å². The van der Waals surface area contributed by atoms with Crippen molar-refractivity contribution < 1.29 is 5.11 Å². The Morgan fingerprint density at radius 2 is 2.24 bits per heavy atom. The fourth-order valence-electron chi connectivity index (χ4n) is 2.97.